The molecular formula is C23H25NO5. The van der Waals surface area contributed by atoms with Crippen LogP contribution in [0.4, 0.5) is 0 Å². The first-order valence-corrected chi connectivity index (χ1v) is 9.91. The summed E-state index contributed by atoms with van der Waals surface area (Å²) < 4.78 is 17.0. The van der Waals surface area contributed by atoms with E-state index in [4.69, 9.17) is 14.2 Å². The summed E-state index contributed by atoms with van der Waals surface area (Å²) in [5.74, 6) is 1.83. The molecule has 0 amide bonds. The number of ether oxygens (including phenoxy) is 3. The van der Waals surface area contributed by atoms with Crippen LogP contribution >= 0.6 is 0 Å². The average Bonchev–Trinajstić information content (AvgIpc) is 3.21. The SMILES string of the molecule is COc1cc2c3c(c4ccc(O)cc4c2c(OC)c1OC)[C@@H](O)[C@H]1CCCN1C3. The number of hydrogen-bond acceptors (Lipinski definition) is 6. The maximum Gasteiger partial charge on any atom is 0.203 e. The van der Waals surface area contributed by atoms with Gasteiger partial charge in [0.1, 0.15) is 5.75 Å². The van der Waals surface area contributed by atoms with E-state index < -0.39 is 6.10 Å². The Labute approximate surface area is 169 Å². The molecule has 0 radical (unpaired) electrons. The van der Waals surface area contributed by atoms with Crippen LogP contribution in [0.5, 0.6) is 23.0 Å². The van der Waals surface area contributed by atoms with Crippen molar-refractivity contribution in [2.45, 2.75) is 31.5 Å². The first kappa shape index (κ1) is 18.3. The molecule has 1 fully saturated rings. The van der Waals surface area contributed by atoms with E-state index in [1.54, 1.807) is 33.5 Å². The van der Waals surface area contributed by atoms with E-state index in [9.17, 15) is 10.2 Å². The smallest absolute Gasteiger partial charge is 0.203 e. The van der Waals surface area contributed by atoms with E-state index in [2.05, 4.69) is 4.90 Å². The second kappa shape index (κ2) is 6.68. The Morgan fingerprint density at radius 2 is 1.76 bits per heavy atom. The Balaban J connectivity index is 1.98. The molecule has 2 N–H and O–H groups in total. The molecule has 6 nitrogen and oxygen atoms in total. The van der Waals surface area contributed by atoms with E-state index in [-0.39, 0.29) is 11.8 Å². The number of fused-ring (bicyclic) bond motifs is 7. The largest absolute Gasteiger partial charge is 0.508 e. The van der Waals surface area contributed by atoms with E-state index in [1.807, 2.05) is 12.1 Å². The summed E-state index contributed by atoms with van der Waals surface area (Å²) in [7, 11) is 4.80. The van der Waals surface area contributed by atoms with Crippen molar-refractivity contribution in [1.82, 2.24) is 4.90 Å². The zero-order valence-corrected chi connectivity index (χ0v) is 16.9. The number of nitrogens with zero attached hydrogens (tertiary/aromatic N) is 1. The molecule has 0 spiro atoms. The fourth-order valence-electron chi connectivity index (χ4n) is 5.25. The molecule has 0 aromatic heterocycles. The van der Waals surface area contributed by atoms with Crippen LogP contribution in [0.15, 0.2) is 24.3 Å². The Bertz CT molecular complexity index is 1130. The zero-order chi connectivity index (χ0) is 20.3. The normalized spacial score (nSPS) is 21.2. The van der Waals surface area contributed by atoms with E-state index >= 15 is 0 Å². The van der Waals surface area contributed by atoms with Crippen molar-refractivity contribution >= 4 is 21.5 Å². The van der Waals surface area contributed by atoms with Gasteiger partial charge in [-0.1, -0.05) is 6.07 Å². The van der Waals surface area contributed by atoms with Crippen molar-refractivity contribution in [2.24, 2.45) is 0 Å². The minimum atomic E-state index is -0.572. The number of rotatable bonds is 3. The van der Waals surface area contributed by atoms with Gasteiger partial charge >= 0.3 is 0 Å². The summed E-state index contributed by atoms with van der Waals surface area (Å²) in [6.07, 6.45) is 1.51. The third-order valence-corrected chi connectivity index (χ3v) is 6.48. The van der Waals surface area contributed by atoms with Gasteiger partial charge in [0.2, 0.25) is 5.75 Å². The Morgan fingerprint density at radius 1 is 0.966 bits per heavy atom. The Hall–Kier alpha value is -2.70. The Morgan fingerprint density at radius 3 is 2.48 bits per heavy atom. The fourth-order valence-corrected chi connectivity index (χ4v) is 5.25. The van der Waals surface area contributed by atoms with Gasteiger partial charge in [-0.2, -0.15) is 0 Å². The maximum atomic E-state index is 11.3. The highest BCUT2D eigenvalue weighted by Gasteiger charge is 2.39. The van der Waals surface area contributed by atoms with Gasteiger partial charge in [-0.25, -0.2) is 0 Å². The number of methoxy groups -OCH3 is 3. The molecule has 152 valence electrons. The van der Waals surface area contributed by atoms with Crippen LogP contribution in [-0.4, -0.2) is 49.0 Å². The van der Waals surface area contributed by atoms with Crippen molar-refractivity contribution in [3.63, 3.8) is 0 Å². The zero-order valence-electron chi connectivity index (χ0n) is 16.9. The molecule has 2 atom stereocenters. The van der Waals surface area contributed by atoms with E-state index in [0.717, 1.165) is 58.6 Å². The van der Waals surface area contributed by atoms with Gasteiger partial charge < -0.3 is 24.4 Å². The second-order valence-electron chi connectivity index (χ2n) is 7.81. The lowest BCUT2D eigenvalue weighted by Gasteiger charge is -2.37. The minimum Gasteiger partial charge on any atom is -0.508 e. The van der Waals surface area contributed by atoms with Gasteiger partial charge in [-0.3, -0.25) is 4.90 Å². The van der Waals surface area contributed by atoms with Gasteiger partial charge in [0.15, 0.2) is 11.5 Å². The standard InChI is InChI=1S/C23H25NO5/c1-27-18-10-15-16-11-24-8-4-5-17(24)21(26)19(16)13-7-6-12(25)9-14(13)20(15)23(29-3)22(18)28-2/h6-7,9-10,17,21,25-26H,4-5,8,11H2,1-3H3/t17-,21+/m1/s1. The maximum absolute atomic E-state index is 11.3. The number of benzene rings is 3. The lowest BCUT2D eigenvalue weighted by atomic mass is 9.83. The van der Waals surface area contributed by atoms with Crippen LogP contribution in [0.2, 0.25) is 0 Å². The van der Waals surface area contributed by atoms with Crippen molar-refractivity contribution < 1.29 is 24.4 Å². The number of aliphatic hydroxyl groups excluding tert-OH is 1. The fraction of sp³-hybridized carbons (Fsp3) is 0.391. The molecule has 0 saturated carbocycles. The minimum absolute atomic E-state index is 0.138. The highest BCUT2D eigenvalue weighted by atomic mass is 16.5. The molecule has 29 heavy (non-hydrogen) atoms. The molecule has 3 aromatic carbocycles. The van der Waals surface area contributed by atoms with Crippen molar-refractivity contribution in [2.75, 3.05) is 27.9 Å². The monoisotopic (exact) mass is 395 g/mol. The van der Waals surface area contributed by atoms with Crippen LogP contribution in [0.3, 0.4) is 0 Å². The summed E-state index contributed by atoms with van der Waals surface area (Å²) in [5, 5.41) is 25.1. The van der Waals surface area contributed by atoms with Gasteiger partial charge in [0, 0.05) is 18.0 Å². The molecule has 2 heterocycles. The number of aromatic hydroxyl groups is 1. The van der Waals surface area contributed by atoms with Crippen LogP contribution < -0.4 is 14.2 Å². The molecule has 0 aliphatic carbocycles. The van der Waals surface area contributed by atoms with Crippen LogP contribution in [0, 0.1) is 0 Å². The molecule has 0 unspecified atom stereocenters. The molecule has 2 aliphatic rings. The number of aliphatic hydroxyl groups is 1. The van der Waals surface area contributed by atoms with Crippen LogP contribution in [0.25, 0.3) is 21.5 Å². The van der Waals surface area contributed by atoms with Crippen molar-refractivity contribution in [3.05, 3.63) is 35.4 Å². The summed E-state index contributed by atoms with van der Waals surface area (Å²) in [6, 6.07) is 7.41. The van der Waals surface area contributed by atoms with E-state index in [1.165, 1.54) is 0 Å². The lowest BCUT2D eigenvalue weighted by molar-refractivity contribution is 0.0552. The summed E-state index contributed by atoms with van der Waals surface area (Å²) in [4.78, 5) is 2.36. The summed E-state index contributed by atoms with van der Waals surface area (Å²) in [5.41, 5.74) is 2.04. The topological polar surface area (TPSA) is 71.4 Å². The highest BCUT2D eigenvalue weighted by molar-refractivity contribution is 6.15. The first-order valence-electron chi connectivity index (χ1n) is 9.91. The molecule has 6 heteroatoms. The predicted molar refractivity (Wildman–Crippen MR) is 111 cm³/mol. The quantitative estimate of drug-likeness (QED) is 0.659. The Kier molecular flexibility index (Phi) is 4.22. The molecule has 1 saturated heterocycles. The second-order valence-corrected chi connectivity index (χ2v) is 7.81. The number of phenols is 1. The average molecular weight is 395 g/mol. The summed E-state index contributed by atoms with van der Waals surface area (Å²) in [6.45, 7) is 1.75. The van der Waals surface area contributed by atoms with Crippen LogP contribution in [-0.2, 0) is 6.54 Å². The molecular weight excluding hydrogens is 370 g/mol. The van der Waals surface area contributed by atoms with Crippen LogP contribution in [0.1, 0.15) is 30.1 Å². The molecule has 3 aromatic rings. The number of hydrogen-bond donors (Lipinski definition) is 2. The lowest BCUT2D eigenvalue weighted by Crippen LogP contribution is -2.39. The first-order chi connectivity index (χ1) is 14.1. The molecule has 5 rings (SSSR count). The third-order valence-electron chi connectivity index (χ3n) is 6.48. The van der Waals surface area contributed by atoms with Gasteiger partial charge in [-0.15, -0.1) is 0 Å². The van der Waals surface area contributed by atoms with Gasteiger partial charge in [0.05, 0.1) is 27.4 Å². The van der Waals surface area contributed by atoms with Crippen molar-refractivity contribution in [1.29, 1.82) is 0 Å². The predicted octanol–water partition coefficient (Wildman–Crippen LogP) is 3.74. The summed E-state index contributed by atoms with van der Waals surface area (Å²) >= 11 is 0. The van der Waals surface area contributed by atoms with E-state index in [0.29, 0.717) is 17.2 Å². The number of phenolic OH excluding ortho intramolecular Hbond substituents is 1. The molecule has 0 bridgehead atoms. The third kappa shape index (κ3) is 2.49. The highest BCUT2D eigenvalue weighted by Crippen LogP contribution is 2.51. The van der Waals surface area contributed by atoms with Crippen molar-refractivity contribution in [3.8, 4) is 23.0 Å². The van der Waals surface area contributed by atoms with Gasteiger partial charge in [-0.05, 0) is 64.9 Å². The van der Waals surface area contributed by atoms with Gasteiger partial charge in [0.25, 0.3) is 0 Å². The molecule has 2 aliphatic heterocycles.